The van der Waals surface area contributed by atoms with Gasteiger partial charge in [-0.05, 0) is 45.7 Å². The number of nitrogens with zero attached hydrogens (tertiary/aromatic N) is 1. The first-order valence-electron chi connectivity index (χ1n) is 9.36. The van der Waals surface area contributed by atoms with Crippen LogP contribution in [0.2, 0.25) is 0 Å². The van der Waals surface area contributed by atoms with E-state index in [1.54, 1.807) is 32.9 Å². The Morgan fingerprint density at radius 2 is 1.61 bits per heavy atom. The van der Waals surface area contributed by atoms with E-state index in [1.807, 2.05) is 0 Å². The average molecular weight is 388 g/mol. The molecule has 1 saturated carbocycles. The van der Waals surface area contributed by atoms with Crippen molar-refractivity contribution in [2.45, 2.75) is 58.1 Å². The van der Waals surface area contributed by atoms with Crippen molar-refractivity contribution in [3.8, 4) is 0 Å². The Balaban J connectivity index is 1.68. The Labute approximate surface area is 163 Å². The molecule has 1 aromatic rings. The van der Waals surface area contributed by atoms with Gasteiger partial charge in [0.05, 0.1) is 17.0 Å². The van der Waals surface area contributed by atoms with Gasteiger partial charge in [-0.25, -0.2) is 9.59 Å². The average Bonchev–Trinajstić information content (AvgIpc) is 2.86. The molecule has 1 N–H and O–H groups in total. The highest BCUT2D eigenvalue weighted by atomic mass is 16.7. The van der Waals surface area contributed by atoms with Crippen LogP contribution in [0.15, 0.2) is 24.3 Å². The van der Waals surface area contributed by atoms with Crippen molar-refractivity contribution in [1.82, 2.24) is 10.4 Å². The van der Waals surface area contributed by atoms with Gasteiger partial charge in [-0.2, -0.15) is 0 Å². The molecule has 150 valence electrons. The summed E-state index contributed by atoms with van der Waals surface area (Å²) in [5, 5.41) is 3.23. The largest absolute Gasteiger partial charge is 0.444 e. The molecule has 0 spiro atoms. The van der Waals surface area contributed by atoms with Crippen molar-refractivity contribution in [3.05, 3.63) is 35.4 Å². The topological polar surface area (TPSA) is 102 Å². The van der Waals surface area contributed by atoms with E-state index in [-0.39, 0.29) is 11.1 Å². The second-order valence-electron chi connectivity index (χ2n) is 8.00. The molecule has 2 atom stereocenters. The smallest absolute Gasteiger partial charge is 0.407 e. The molecule has 1 aromatic carbocycles. The third-order valence-corrected chi connectivity index (χ3v) is 4.71. The molecule has 1 aliphatic heterocycles. The number of carbonyl (C=O) groups is 4. The zero-order chi connectivity index (χ0) is 20.5. The number of benzene rings is 1. The Bertz CT molecular complexity index is 778. The zero-order valence-corrected chi connectivity index (χ0v) is 16.2. The number of hydroxylamine groups is 2. The number of rotatable bonds is 3. The second kappa shape index (κ2) is 7.61. The van der Waals surface area contributed by atoms with Crippen LogP contribution < -0.4 is 5.32 Å². The Morgan fingerprint density at radius 3 is 2.18 bits per heavy atom. The molecule has 0 radical (unpaired) electrons. The fourth-order valence-electron chi connectivity index (χ4n) is 3.45. The minimum atomic E-state index is -0.713. The molecule has 0 bridgehead atoms. The maximum Gasteiger partial charge on any atom is 0.407 e. The minimum Gasteiger partial charge on any atom is -0.444 e. The molecule has 0 saturated heterocycles. The first-order chi connectivity index (χ1) is 13.2. The third-order valence-electron chi connectivity index (χ3n) is 4.71. The number of carbonyl (C=O) groups excluding carboxylic acids is 4. The van der Waals surface area contributed by atoms with E-state index in [9.17, 15) is 19.2 Å². The van der Waals surface area contributed by atoms with Crippen LogP contribution in [0.1, 0.15) is 67.2 Å². The van der Waals surface area contributed by atoms with Gasteiger partial charge >= 0.3 is 12.1 Å². The van der Waals surface area contributed by atoms with E-state index in [4.69, 9.17) is 9.57 Å². The van der Waals surface area contributed by atoms with Crippen molar-refractivity contribution >= 4 is 23.9 Å². The van der Waals surface area contributed by atoms with Crippen LogP contribution in [0.4, 0.5) is 4.79 Å². The highest BCUT2D eigenvalue weighted by Gasteiger charge is 2.42. The maximum absolute atomic E-state index is 12.7. The number of fused-ring (bicyclic) bond motifs is 1. The van der Waals surface area contributed by atoms with Crippen LogP contribution in [0.25, 0.3) is 0 Å². The van der Waals surface area contributed by atoms with Crippen LogP contribution >= 0.6 is 0 Å². The molecule has 3 rings (SSSR count). The molecule has 8 heteroatoms. The van der Waals surface area contributed by atoms with E-state index < -0.39 is 41.4 Å². The number of amides is 3. The number of ether oxygens (including phenoxy) is 1. The van der Waals surface area contributed by atoms with Gasteiger partial charge in [-0.15, -0.1) is 0 Å². The van der Waals surface area contributed by atoms with Gasteiger partial charge in [0.2, 0.25) is 0 Å². The van der Waals surface area contributed by atoms with Gasteiger partial charge < -0.3 is 14.9 Å². The van der Waals surface area contributed by atoms with Gasteiger partial charge in [-0.1, -0.05) is 30.0 Å². The van der Waals surface area contributed by atoms with E-state index in [1.165, 1.54) is 12.1 Å². The van der Waals surface area contributed by atoms with Gasteiger partial charge in [0.25, 0.3) is 11.8 Å². The molecule has 0 unspecified atom stereocenters. The summed E-state index contributed by atoms with van der Waals surface area (Å²) in [5.41, 5.74) is -0.255. The van der Waals surface area contributed by atoms with E-state index in [2.05, 4.69) is 5.32 Å². The molecule has 1 heterocycles. The second-order valence-corrected chi connectivity index (χ2v) is 8.00. The fourth-order valence-corrected chi connectivity index (χ4v) is 3.45. The van der Waals surface area contributed by atoms with E-state index in [0.717, 1.165) is 12.8 Å². The highest BCUT2D eigenvalue weighted by molar-refractivity contribution is 6.20. The standard InChI is InChI=1S/C20H24N2O6/c1-20(2,3)27-19(26)21-15-11-7-6-10-14(15)18(25)28-22-16(23)12-8-4-5-9-13(12)17(22)24/h4-5,8-9,14-15H,6-7,10-11H2,1-3H3,(H,21,26)/t14-,15+/m1/s1. The van der Waals surface area contributed by atoms with Crippen LogP contribution in [-0.2, 0) is 14.4 Å². The molecule has 1 fully saturated rings. The predicted octanol–water partition coefficient (Wildman–Crippen LogP) is 2.82. The normalized spacial score (nSPS) is 21.9. The lowest BCUT2D eigenvalue weighted by Crippen LogP contribution is -2.48. The van der Waals surface area contributed by atoms with E-state index in [0.29, 0.717) is 17.9 Å². The van der Waals surface area contributed by atoms with Crippen molar-refractivity contribution < 1.29 is 28.8 Å². The number of imide groups is 1. The molecule has 0 aromatic heterocycles. The van der Waals surface area contributed by atoms with Crippen molar-refractivity contribution in [2.75, 3.05) is 0 Å². The molecule has 28 heavy (non-hydrogen) atoms. The summed E-state index contributed by atoms with van der Waals surface area (Å²) in [5.74, 6) is -2.70. The molecule has 3 amide bonds. The summed E-state index contributed by atoms with van der Waals surface area (Å²) in [6.45, 7) is 5.25. The Hall–Kier alpha value is -2.90. The minimum absolute atomic E-state index is 0.201. The summed E-state index contributed by atoms with van der Waals surface area (Å²) in [7, 11) is 0. The summed E-state index contributed by atoms with van der Waals surface area (Å²) in [6, 6.07) is 5.81. The number of nitrogens with one attached hydrogen (secondary N) is 1. The van der Waals surface area contributed by atoms with Crippen molar-refractivity contribution in [3.63, 3.8) is 0 Å². The van der Waals surface area contributed by atoms with Crippen LogP contribution in [-0.4, -0.2) is 40.6 Å². The summed E-state index contributed by atoms with van der Waals surface area (Å²) in [4.78, 5) is 54.7. The molecule has 1 aliphatic carbocycles. The van der Waals surface area contributed by atoms with E-state index >= 15 is 0 Å². The van der Waals surface area contributed by atoms with Crippen molar-refractivity contribution in [2.24, 2.45) is 5.92 Å². The summed E-state index contributed by atoms with van der Waals surface area (Å²) in [6.07, 6.45) is 2.09. The van der Waals surface area contributed by atoms with Gasteiger partial charge in [-0.3, -0.25) is 9.59 Å². The number of hydrogen-bond donors (Lipinski definition) is 1. The SMILES string of the molecule is CC(C)(C)OC(=O)N[C@H]1CCCC[C@H]1C(=O)ON1C(=O)c2ccccc2C1=O. The molecule has 2 aliphatic rings. The number of alkyl carbamates (subject to hydrolysis) is 1. The Kier molecular flexibility index (Phi) is 5.40. The lowest BCUT2D eigenvalue weighted by Gasteiger charge is -2.31. The fraction of sp³-hybridized carbons (Fsp3) is 0.500. The predicted molar refractivity (Wildman–Crippen MR) is 98.1 cm³/mol. The summed E-state index contributed by atoms with van der Waals surface area (Å²) >= 11 is 0. The lowest BCUT2D eigenvalue weighted by molar-refractivity contribution is -0.175. The number of hydrogen-bond acceptors (Lipinski definition) is 6. The molecular weight excluding hydrogens is 364 g/mol. The van der Waals surface area contributed by atoms with Crippen LogP contribution in [0.3, 0.4) is 0 Å². The first-order valence-corrected chi connectivity index (χ1v) is 9.36. The zero-order valence-electron chi connectivity index (χ0n) is 16.2. The molecule has 8 nitrogen and oxygen atoms in total. The van der Waals surface area contributed by atoms with Crippen LogP contribution in [0.5, 0.6) is 0 Å². The van der Waals surface area contributed by atoms with Gasteiger partial charge in [0, 0.05) is 6.04 Å². The molecular formula is C20H24N2O6. The third kappa shape index (κ3) is 4.16. The quantitative estimate of drug-likeness (QED) is 0.799. The van der Waals surface area contributed by atoms with Crippen molar-refractivity contribution in [1.29, 1.82) is 0 Å². The van der Waals surface area contributed by atoms with Crippen LogP contribution in [0, 0.1) is 5.92 Å². The summed E-state index contributed by atoms with van der Waals surface area (Å²) < 4.78 is 5.26. The van der Waals surface area contributed by atoms with Gasteiger partial charge in [0.15, 0.2) is 0 Å². The maximum atomic E-state index is 12.7. The Morgan fingerprint density at radius 1 is 1.04 bits per heavy atom. The highest BCUT2D eigenvalue weighted by Crippen LogP contribution is 2.28. The lowest BCUT2D eigenvalue weighted by atomic mass is 9.84. The van der Waals surface area contributed by atoms with Gasteiger partial charge in [0.1, 0.15) is 5.60 Å². The monoisotopic (exact) mass is 388 g/mol. The first kappa shape index (κ1) is 19.9.